The first-order valence-electron chi connectivity index (χ1n) is 8.61. The van der Waals surface area contributed by atoms with Crippen LogP contribution in [0.5, 0.6) is 5.75 Å². The second-order valence-corrected chi connectivity index (χ2v) is 6.32. The molecule has 0 aliphatic carbocycles. The summed E-state index contributed by atoms with van der Waals surface area (Å²) in [5, 5.41) is 0. The zero-order valence-corrected chi connectivity index (χ0v) is 14.4. The smallest absolute Gasteiger partial charge is 0.260 e. The number of carbonyl (C=O) groups is 3. The number of amides is 3. The van der Waals surface area contributed by atoms with Gasteiger partial charge in [-0.05, 0) is 30.7 Å². The van der Waals surface area contributed by atoms with Crippen LogP contribution in [0.15, 0.2) is 24.3 Å². The van der Waals surface area contributed by atoms with E-state index in [1.54, 1.807) is 33.8 Å². The summed E-state index contributed by atoms with van der Waals surface area (Å²) in [5.74, 6) is 0.710. The molecule has 2 saturated heterocycles. The molecule has 3 amide bonds. The zero-order chi connectivity index (χ0) is 17.8. The highest BCUT2D eigenvalue weighted by atomic mass is 16.5. The van der Waals surface area contributed by atoms with E-state index in [9.17, 15) is 14.4 Å². The predicted molar refractivity (Wildman–Crippen MR) is 92.4 cm³/mol. The molecule has 0 saturated carbocycles. The van der Waals surface area contributed by atoms with Gasteiger partial charge < -0.3 is 19.4 Å². The van der Waals surface area contributed by atoms with Crippen molar-refractivity contribution in [1.29, 1.82) is 0 Å². The topological polar surface area (TPSA) is 70.2 Å². The summed E-state index contributed by atoms with van der Waals surface area (Å²) >= 11 is 0. The maximum atomic E-state index is 12.2. The van der Waals surface area contributed by atoms with Crippen LogP contribution < -0.4 is 9.64 Å². The third-order valence-electron chi connectivity index (χ3n) is 4.66. The Balaban J connectivity index is 1.48. The third-order valence-corrected chi connectivity index (χ3v) is 4.66. The average Bonchev–Trinajstić information content (AvgIpc) is 3.06. The van der Waals surface area contributed by atoms with Crippen molar-refractivity contribution >= 4 is 23.4 Å². The highest BCUT2D eigenvalue weighted by Gasteiger charge is 2.23. The number of hydrogen-bond acceptors (Lipinski definition) is 4. The van der Waals surface area contributed by atoms with Crippen LogP contribution in [-0.2, 0) is 14.4 Å². The van der Waals surface area contributed by atoms with Gasteiger partial charge in [0.25, 0.3) is 5.91 Å². The molecule has 7 nitrogen and oxygen atoms in total. The summed E-state index contributed by atoms with van der Waals surface area (Å²) < 4.78 is 5.56. The lowest BCUT2D eigenvalue weighted by Gasteiger charge is -2.34. The minimum atomic E-state index is -0.0815. The third kappa shape index (κ3) is 4.10. The van der Waals surface area contributed by atoms with E-state index in [1.807, 2.05) is 12.1 Å². The monoisotopic (exact) mass is 345 g/mol. The fraction of sp³-hybridized carbons (Fsp3) is 0.500. The number of anilines is 1. The van der Waals surface area contributed by atoms with Gasteiger partial charge in [-0.1, -0.05) is 0 Å². The van der Waals surface area contributed by atoms with Crippen LogP contribution in [0, 0.1) is 0 Å². The van der Waals surface area contributed by atoms with Crippen LogP contribution in [0.4, 0.5) is 5.69 Å². The second kappa shape index (κ2) is 7.55. The molecule has 2 aliphatic heterocycles. The highest BCUT2D eigenvalue weighted by Crippen LogP contribution is 2.23. The number of nitrogens with zero attached hydrogens (tertiary/aromatic N) is 3. The fourth-order valence-corrected chi connectivity index (χ4v) is 3.15. The summed E-state index contributed by atoms with van der Waals surface area (Å²) in [6.45, 7) is 4.49. The Morgan fingerprint density at radius 3 is 2.20 bits per heavy atom. The lowest BCUT2D eigenvalue weighted by atomic mass is 10.3. The van der Waals surface area contributed by atoms with Gasteiger partial charge in [0.2, 0.25) is 11.8 Å². The molecule has 1 aromatic rings. The van der Waals surface area contributed by atoms with Gasteiger partial charge in [-0.2, -0.15) is 0 Å². The maximum Gasteiger partial charge on any atom is 0.260 e. The molecule has 3 rings (SSSR count). The van der Waals surface area contributed by atoms with E-state index in [4.69, 9.17) is 4.74 Å². The van der Waals surface area contributed by atoms with E-state index in [0.717, 1.165) is 18.7 Å². The number of rotatable bonds is 4. The molecule has 2 heterocycles. The Morgan fingerprint density at radius 2 is 1.64 bits per heavy atom. The van der Waals surface area contributed by atoms with E-state index >= 15 is 0 Å². The Bertz CT molecular complexity index is 651. The van der Waals surface area contributed by atoms with Gasteiger partial charge >= 0.3 is 0 Å². The SMILES string of the molecule is CC(=O)N1CCN(C(=O)COc2ccc(N3CCCC3=O)cc2)CC1. The van der Waals surface area contributed by atoms with Gasteiger partial charge in [-0.3, -0.25) is 14.4 Å². The normalized spacial score (nSPS) is 17.8. The van der Waals surface area contributed by atoms with Gasteiger partial charge in [-0.25, -0.2) is 0 Å². The van der Waals surface area contributed by atoms with E-state index in [0.29, 0.717) is 38.3 Å². The highest BCUT2D eigenvalue weighted by molar-refractivity contribution is 5.95. The molecule has 0 spiro atoms. The molecule has 0 bridgehead atoms. The standard InChI is InChI=1S/C18H23N3O4/c1-14(22)19-9-11-20(12-10-19)18(24)13-25-16-6-4-15(5-7-16)21-8-2-3-17(21)23/h4-7H,2-3,8-13H2,1H3. The lowest BCUT2D eigenvalue weighted by molar-refractivity contribution is -0.139. The van der Waals surface area contributed by atoms with Crippen molar-refractivity contribution in [1.82, 2.24) is 9.80 Å². The number of ether oxygens (including phenoxy) is 1. The summed E-state index contributed by atoms with van der Waals surface area (Å²) in [7, 11) is 0. The fourth-order valence-electron chi connectivity index (χ4n) is 3.15. The van der Waals surface area contributed by atoms with Crippen molar-refractivity contribution < 1.29 is 19.1 Å². The first kappa shape index (κ1) is 17.3. The molecule has 0 atom stereocenters. The van der Waals surface area contributed by atoms with Crippen LogP contribution in [0.2, 0.25) is 0 Å². The summed E-state index contributed by atoms with van der Waals surface area (Å²) in [5.41, 5.74) is 0.863. The molecule has 134 valence electrons. The molecular formula is C18H23N3O4. The molecule has 2 aliphatic rings. The quantitative estimate of drug-likeness (QED) is 0.812. The molecule has 1 aromatic carbocycles. The van der Waals surface area contributed by atoms with Crippen molar-refractivity contribution in [3.8, 4) is 5.75 Å². The van der Waals surface area contributed by atoms with Crippen molar-refractivity contribution in [3.63, 3.8) is 0 Å². The largest absolute Gasteiger partial charge is 0.484 e. The summed E-state index contributed by atoms with van der Waals surface area (Å²) in [6, 6.07) is 7.24. The Hall–Kier alpha value is -2.57. The number of piperazine rings is 1. The lowest BCUT2D eigenvalue weighted by Crippen LogP contribution is -2.51. The van der Waals surface area contributed by atoms with Crippen LogP contribution in [0.25, 0.3) is 0 Å². The van der Waals surface area contributed by atoms with Gasteiger partial charge in [0, 0.05) is 51.8 Å². The number of hydrogen-bond donors (Lipinski definition) is 0. The van der Waals surface area contributed by atoms with Crippen molar-refractivity contribution in [2.45, 2.75) is 19.8 Å². The van der Waals surface area contributed by atoms with Crippen LogP contribution in [0.3, 0.4) is 0 Å². The molecule has 0 radical (unpaired) electrons. The van der Waals surface area contributed by atoms with Gasteiger partial charge in [0.05, 0.1) is 0 Å². The van der Waals surface area contributed by atoms with Crippen LogP contribution in [-0.4, -0.2) is 66.9 Å². The zero-order valence-electron chi connectivity index (χ0n) is 14.4. The van der Waals surface area contributed by atoms with Crippen LogP contribution in [0.1, 0.15) is 19.8 Å². The molecule has 7 heteroatoms. The van der Waals surface area contributed by atoms with E-state index in [2.05, 4.69) is 0 Å². The predicted octanol–water partition coefficient (Wildman–Crippen LogP) is 0.883. The van der Waals surface area contributed by atoms with Crippen molar-refractivity contribution in [2.24, 2.45) is 0 Å². The van der Waals surface area contributed by atoms with Gasteiger partial charge in [0.15, 0.2) is 6.61 Å². The molecule has 2 fully saturated rings. The van der Waals surface area contributed by atoms with E-state index in [-0.39, 0.29) is 24.3 Å². The Labute approximate surface area is 147 Å². The second-order valence-electron chi connectivity index (χ2n) is 6.32. The summed E-state index contributed by atoms with van der Waals surface area (Å²) in [4.78, 5) is 40.5. The van der Waals surface area contributed by atoms with Gasteiger partial charge in [-0.15, -0.1) is 0 Å². The molecule has 25 heavy (non-hydrogen) atoms. The Morgan fingerprint density at radius 1 is 1.00 bits per heavy atom. The Kier molecular flexibility index (Phi) is 5.21. The van der Waals surface area contributed by atoms with Crippen LogP contribution >= 0.6 is 0 Å². The molecular weight excluding hydrogens is 322 g/mol. The minimum absolute atomic E-state index is 0.0257. The van der Waals surface area contributed by atoms with Crippen molar-refractivity contribution in [3.05, 3.63) is 24.3 Å². The first-order valence-corrected chi connectivity index (χ1v) is 8.61. The first-order chi connectivity index (χ1) is 12.0. The number of carbonyl (C=O) groups excluding carboxylic acids is 3. The van der Waals surface area contributed by atoms with Crippen molar-refractivity contribution in [2.75, 3.05) is 44.2 Å². The number of benzene rings is 1. The summed E-state index contributed by atoms with van der Waals surface area (Å²) in [6.07, 6.45) is 1.49. The average molecular weight is 345 g/mol. The maximum absolute atomic E-state index is 12.2. The van der Waals surface area contributed by atoms with Gasteiger partial charge in [0.1, 0.15) is 5.75 Å². The molecule has 0 aromatic heterocycles. The molecule has 0 unspecified atom stereocenters. The minimum Gasteiger partial charge on any atom is -0.484 e. The molecule has 0 N–H and O–H groups in total. The van der Waals surface area contributed by atoms with E-state index in [1.165, 1.54) is 0 Å². The van der Waals surface area contributed by atoms with E-state index < -0.39 is 0 Å².